The highest BCUT2D eigenvalue weighted by Gasteiger charge is 2.24. The maximum atomic E-state index is 9.43. The van der Waals surface area contributed by atoms with Gasteiger partial charge in [0.15, 0.2) is 17.0 Å². The third-order valence-electron chi connectivity index (χ3n) is 3.95. The van der Waals surface area contributed by atoms with E-state index in [0.717, 1.165) is 12.8 Å². The molecule has 0 spiro atoms. The molecule has 0 saturated heterocycles. The fraction of sp³-hybridized carbons (Fsp3) is 0.562. The van der Waals surface area contributed by atoms with Crippen molar-refractivity contribution >= 4 is 22.9 Å². The molecule has 2 heterocycles. The number of hydrogen-bond donors (Lipinski definition) is 3. The summed E-state index contributed by atoms with van der Waals surface area (Å²) in [6.45, 7) is 1.77. The van der Waals surface area contributed by atoms with Gasteiger partial charge in [0, 0.05) is 12.5 Å². The first kappa shape index (κ1) is 16.5. The molecule has 128 valence electrons. The summed E-state index contributed by atoms with van der Waals surface area (Å²) in [5, 5.41) is 12.8. The molecule has 8 nitrogen and oxygen atoms in total. The number of terminal acetylenes is 1. The number of aliphatic hydroxyl groups is 1. The molecule has 4 N–H and O–H groups in total. The van der Waals surface area contributed by atoms with Crippen molar-refractivity contribution in [2.24, 2.45) is 0 Å². The van der Waals surface area contributed by atoms with Crippen molar-refractivity contribution in [1.29, 1.82) is 0 Å². The summed E-state index contributed by atoms with van der Waals surface area (Å²) >= 11 is 0. The Labute approximate surface area is 140 Å². The predicted molar refractivity (Wildman–Crippen MR) is 91.1 cm³/mol. The van der Waals surface area contributed by atoms with Crippen molar-refractivity contribution in [2.45, 2.75) is 51.0 Å². The molecule has 1 aliphatic rings. The van der Waals surface area contributed by atoms with Gasteiger partial charge in [-0.2, -0.15) is 9.97 Å². The van der Waals surface area contributed by atoms with Crippen LogP contribution in [0, 0.1) is 12.3 Å². The number of aliphatic hydroxyl groups excluding tert-OH is 1. The molecule has 3 rings (SSSR count). The number of nitrogens with one attached hydrogen (secondary N) is 1. The van der Waals surface area contributed by atoms with Crippen molar-refractivity contribution in [2.75, 3.05) is 17.7 Å². The van der Waals surface area contributed by atoms with Crippen molar-refractivity contribution in [3.05, 3.63) is 6.33 Å². The number of nitrogens with zero attached hydrogens (tertiary/aromatic N) is 4. The zero-order valence-electron chi connectivity index (χ0n) is 13.6. The van der Waals surface area contributed by atoms with E-state index in [9.17, 15) is 5.11 Å². The number of anilines is 2. The second-order valence-corrected chi connectivity index (χ2v) is 5.96. The molecule has 0 amide bonds. The fourth-order valence-corrected chi connectivity index (χ4v) is 2.51. The number of imidazole rings is 1. The normalized spacial score (nSPS) is 16.7. The lowest BCUT2D eigenvalue weighted by molar-refractivity contribution is -0.0661. The van der Waals surface area contributed by atoms with E-state index in [1.54, 1.807) is 10.9 Å². The summed E-state index contributed by atoms with van der Waals surface area (Å²) in [5.41, 5.74) is 7.10. The van der Waals surface area contributed by atoms with E-state index >= 15 is 0 Å². The Morgan fingerprint density at radius 2 is 2.33 bits per heavy atom. The van der Waals surface area contributed by atoms with Gasteiger partial charge in [0.05, 0.1) is 19.0 Å². The minimum Gasteiger partial charge on any atom is -0.394 e. The lowest BCUT2D eigenvalue weighted by Gasteiger charge is -2.21. The topological polar surface area (TPSA) is 111 Å². The molecule has 1 saturated carbocycles. The van der Waals surface area contributed by atoms with Gasteiger partial charge in [0.2, 0.25) is 5.95 Å². The van der Waals surface area contributed by atoms with Crippen LogP contribution < -0.4 is 11.1 Å². The van der Waals surface area contributed by atoms with E-state index in [1.807, 2.05) is 6.92 Å². The average Bonchev–Trinajstić information content (AvgIpc) is 3.27. The van der Waals surface area contributed by atoms with Gasteiger partial charge in [0.1, 0.15) is 6.23 Å². The maximum Gasteiger partial charge on any atom is 0.224 e. The van der Waals surface area contributed by atoms with Crippen LogP contribution in [-0.4, -0.2) is 43.4 Å². The van der Waals surface area contributed by atoms with E-state index in [0.29, 0.717) is 35.9 Å². The van der Waals surface area contributed by atoms with Crippen LogP contribution in [0.1, 0.15) is 38.8 Å². The lowest BCUT2D eigenvalue weighted by atomic mass is 10.2. The molecule has 8 heteroatoms. The number of ether oxygens (including phenoxy) is 1. The highest BCUT2D eigenvalue weighted by molar-refractivity contribution is 5.84. The Morgan fingerprint density at radius 3 is 3.00 bits per heavy atom. The van der Waals surface area contributed by atoms with Crippen LogP contribution in [0.25, 0.3) is 11.2 Å². The van der Waals surface area contributed by atoms with Gasteiger partial charge < -0.3 is 20.9 Å². The Bertz CT molecular complexity index is 749. The quantitative estimate of drug-likeness (QED) is 0.625. The summed E-state index contributed by atoms with van der Waals surface area (Å²) in [7, 11) is 0. The summed E-state index contributed by atoms with van der Waals surface area (Å²) in [5.74, 6) is 3.39. The van der Waals surface area contributed by atoms with Crippen LogP contribution in [0.15, 0.2) is 6.33 Å². The summed E-state index contributed by atoms with van der Waals surface area (Å²) in [6, 6.07) is 0.434. The number of rotatable bonds is 8. The van der Waals surface area contributed by atoms with Crippen molar-refractivity contribution in [3.63, 3.8) is 0 Å². The zero-order valence-corrected chi connectivity index (χ0v) is 13.6. The second-order valence-electron chi connectivity index (χ2n) is 5.96. The second kappa shape index (κ2) is 7.03. The predicted octanol–water partition coefficient (Wildman–Crippen LogP) is 1.29. The molecular formula is C16H22N6O2. The summed E-state index contributed by atoms with van der Waals surface area (Å²) < 4.78 is 7.66. The molecule has 1 fully saturated rings. The van der Waals surface area contributed by atoms with E-state index in [4.69, 9.17) is 16.9 Å². The van der Waals surface area contributed by atoms with E-state index < -0.39 is 0 Å². The molecule has 0 aromatic carbocycles. The Kier molecular flexibility index (Phi) is 4.83. The maximum absolute atomic E-state index is 9.43. The number of nitrogens with two attached hydrogens (primary N) is 1. The van der Waals surface area contributed by atoms with Gasteiger partial charge in [-0.1, -0.05) is 0 Å². The SMILES string of the molecule is C#CCCC(CO)OC(C)n1cnc2c(NC3CC3)nc(N)nc21. The Hall–Kier alpha value is -2.37. The van der Waals surface area contributed by atoms with Gasteiger partial charge in [-0.3, -0.25) is 4.57 Å². The lowest BCUT2D eigenvalue weighted by Crippen LogP contribution is -2.22. The van der Waals surface area contributed by atoms with Crippen LogP contribution in [0.3, 0.4) is 0 Å². The summed E-state index contributed by atoms with van der Waals surface area (Å²) in [6.07, 6.45) is 9.60. The number of nitrogen functional groups attached to an aromatic ring is 1. The van der Waals surface area contributed by atoms with Crippen LogP contribution in [0.4, 0.5) is 11.8 Å². The van der Waals surface area contributed by atoms with E-state index in [2.05, 4.69) is 26.2 Å². The molecule has 2 aromatic heterocycles. The summed E-state index contributed by atoms with van der Waals surface area (Å²) in [4.78, 5) is 12.9. The first-order chi connectivity index (χ1) is 11.6. The largest absolute Gasteiger partial charge is 0.394 e. The molecule has 0 aliphatic heterocycles. The van der Waals surface area contributed by atoms with Gasteiger partial charge in [-0.05, 0) is 26.2 Å². The standard InChI is InChI=1S/C16H22N6O2/c1-3-4-5-12(8-23)24-10(2)22-9-18-13-14(19-11-6-7-11)20-16(17)21-15(13)22/h1,9-12,23H,4-8H2,2H3,(H3,17,19,20,21). The van der Waals surface area contributed by atoms with Gasteiger partial charge in [-0.25, -0.2) is 4.98 Å². The molecule has 2 aromatic rings. The van der Waals surface area contributed by atoms with Crippen LogP contribution in [0.5, 0.6) is 0 Å². The average molecular weight is 330 g/mol. The van der Waals surface area contributed by atoms with Gasteiger partial charge >= 0.3 is 0 Å². The van der Waals surface area contributed by atoms with Crippen LogP contribution in [0.2, 0.25) is 0 Å². The number of hydrogen-bond acceptors (Lipinski definition) is 7. The number of aromatic nitrogens is 4. The van der Waals surface area contributed by atoms with Gasteiger partial charge in [0.25, 0.3) is 0 Å². The first-order valence-electron chi connectivity index (χ1n) is 8.08. The minimum atomic E-state index is -0.368. The van der Waals surface area contributed by atoms with Crippen molar-refractivity contribution in [1.82, 2.24) is 19.5 Å². The number of fused-ring (bicyclic) bond motifs is 1. The van der Waals surface area contributed by atoms with Crippen LogP contribution in [-0.2, 0) is 4.74 Å². The molecule has 2 atom stereocenters. The third kappa shape index (κ3) is 3.58. The van der Waals surface area contributed by atoms with Crippen molar-refractivity contribution in [3.8, 4) is 12.3 Å². The van der Waals surface area contributed by atoms with Gasteiger partial charge in [-0.15, -0.1) is 12.3 Å². The first-order valence-corrected chi connectivity index (χ1v) is 8.08. The molecule has 0 radical (unpaired) electrons. The van der Waals surface area contributed by atoms with E-state index in [-0.39, 0.29) is 24.9 Å². The molecular weight excluding hydrogens is 308 g/mol. The molecule has 24 heavy (non-hydrogen) atoms. The van der Waals surface area contributed by atoms with E-state index in [1.165, 1.54) is 0 Å². The third-order valence-corrected chi connectivity index (χ3v) is 3.95. The molecule has 2 unspecified atom stereocenters. The van der Waals surface area contributed by atoms with Crippen LogP contribution >= 0.6 is 0 Å². The molecule has 0 bridgehead atoms. The minimum absolute atomic E-state index is 0.0930. The Morgan fingerprint density at radius 1 is 1.54 bits per heavy atom. The smallest absolute Gasteiger partial charge is 0.224 e. The fourth-order valence-electron chi connectivity index (χ4n) is 2.51. The zero-order chi connectivity index (χ0) is 17.1. The Balaban J connectivity index is 1.83. The molecule has 1 aliphatic carbocycles. The van der Waals surface area contributed by atoms with Crippen molar-refractivity contribution < 1.29 is 9.84 Å². The highest BCUT2D eigenvalue weighted by Crippen LogP contribution is 2.29. The highest BCUT2D eigenvalue weighted by atomic mass is 16.5. The monoisotopic (exact) mass is 330 g/mol.